The summed E-state index contributed by atoms with van der Waals surface area (Å²) in [6.45, 7) is 16.8. The molecule has 0 aromatic carbocycles. The number of hydrogen-bond donors (Lipinski definition) is 2. The quantitative estimate of drug-likeness (QED) is 0.209. The number of nitrogens with zero attached hydrogens (tertiary/aromatic N) is 3. The van der Waals surface area contributed by atoms with Crippen molar-refractivity contribution in [3.8, 4) is 0 Å². The molecule has 2 bridgehead atoms. The van der Waals surface area contributed by atoms with E-state index in [9.17, 15) is 19.5 Å². The lowest BCUT2D eigenvalue weighted by atomic mass is 9.73. The summed E-state index contributed by atoms with van der Waals surface area (Å²) in [6, 6.07) is -0.674. The minimum absolute atomic E-state index is 0.166. The number of carbonyl (C=O) groups is 3. The SMILES string of the molecule is CCC[C@H]1OC(=O)[C@H](C)C(=O)[C@H](C)[C@@H](OC2O[C@@H](C)C[C@@H](N(C)C)[C@@H]2O)[C@@](C)(OCCNC)C[C@@H](C)C2=NCCN3C(=O)O[C@@]1(C)C3[C@H]2C. The van der Waals surface area contributed by atoms with Crippen LogP contribution in [0.2, 0.25) is 0 Å². The standard InChI is InChI=1S/C36H62N4O9/c1-12-13-26-36(8)30-22(4)27(38-14-16-40(30)34(44)49-36)20(2)19-35(7,45-17-15-37-9)31(23(5)28(41)24(6)32(43)47-26)48-33-29(42)25(39(10)11)18-21(3)46-33/h20-26,29-31,33,37,42H,12-19H2,1-11H3/t20-,21+,22+,23+,24-,25-,26-,29+,30?,31-,33?,35+,36-/m1/s1. The van der Waals surface area contributed by atoms with Crippen molar-refractivity contribution in [2.75, 3.05) is 47.4 Å². The fourth-order valence-electron chi connectivity index (χ4n) is 8.75. The third kappa shape index (κ3) is 8.02. The van der Waals surface area contributed by atoms with Crippen molar-refractivity contribution in [1.29, 1.82) is 0 Å². The zero-order valence-electron chi connectivity index (χ0n) is 31.6. The average Bonchev–Trinajstić information content (AvgIpc) is 3.16. The van der Waals surface area contributed by atoms with Gasteiger partial charge in [0.15, 0.2) is 17.7 Å². The van der Waals surface area contributed by atoms with E-state index in [1.807, 2.05) is 53.7 Å². The van der Waals surface area contributed by atoms with Gasteiger partial charge < -0.3 is 39.0 Å². The molecule has 2 N–H and O–H groups in total. The van der Waals surface area contributed by atoms with Gasteiger partial charge in [-0.1, -0.05) is 34.1 Å². The van der Waals surface area contributed by atoms with E-state index in [-0.39, 0.29) is 29.8 Å². The first kappa shape index (κ1) is 39.6. The van der Waals surface area contributed by atoms with Crippen LogP contribution in [0.25, 0.3) is 0 Å². The first-order chi connectivity index (χ1) is 23.0. The van der Waals surface area contributed by atoms with Crippen molar-refractivity contribution in [2.24, 2.45) is 28.7 Å². The summed E-state index contributed by atoms with van der Waals surface area (Å²) in [6.07, 6.45) is -2.23. The van der Waals surface area contributed by atoms with Crippen LogP contribution in [0.4, 0.5) is 4.79 Å². The van der Waals surface area contributed by atoms with E-state index in [0.717, 1.165) is 5.71 Å². The number of ether oxygens (including phenoxy) is 5. The summed E-state index contributed by atoms with van der Waals surface area (Å²) in [5.41, 5.74) is -1.35. The second-order valence-electron chi connectivity index (χ2n) is 15.4. The Morgan fingerprint density at radius 1 is 1.10 bits per heavy atom. The number of hydrogen-bond acceptors (Lipinski definition) is 12. The molecule has 4 rings (SSSR count). The van der Waals surface area contributed by atoms with Gasteiger partial charge in [-0.3, -0.25) is 19.5 Å². The van der Waals surface area contributed by atoms with Gasteiger partial charge in [0.05, 0.1) is 37.0 Å². The topological polar surface area (TPSA) is 148 Å². The highest BCUT2D eigenvalue weighted by atomic mass is 16.7. The molecule has 13 heteroatoms. The Morgan fingerprint density at radius 3 is 2.43 bits per heavy atom. The molecular formula is C36H62N4O9. The molecule has 3 fully saturated rings. The molecule has 0 radical (unpaired) electrons. The molecule has 1 amide bonds. The minimum Gasteiger partial charge on any atom is -0.457 e. The highest BCUT2D eigenvalue weighted by molar-refractivity contribution is 6.00. The van der Waals surface area contributed by atoms with Crippen LogP contribution >= 0.6 is 0 Å². The number of ketones is 1. The molecular weight excluding hydrogens is 632 g/mol. The largest absolute Gasteiger partial charge is 0.457 e. The molecule has 3 saturated heterocycles. The number of rotatable bonds is 9. The number of aliphatic hydroxyl groups excluding tert-OH is 1. The highest BCUT2D eigenvalue weighted by Crippen LogP contribution is 2.44. The summed E-state index contributed by atoms with van der Waals surface area (Å²) in [5, 5.41) is 14.6. The molecule has 49 heavy (non-hydrogen) atoms. The molecule has 4 heterocycles. The second-order valence-corrected chi connectivity index (χ2v) is 15.4. The first-order valence-electron chi connectivity index (χ1n) is 18.2. The van der Waals surface area contributed by atoms with E-state index < -0.39 is 65.7 Å². The van der Waals surface area contributed by atoms with Gasteiger partial charge in [-0.05, 0) is 74.0 Å². The molecule has 4 aliphatic heterocycles. The van der Waals surface area contributed by atoms with Crippen LogP contribution in [-0.2, 0) is 33.3 Å². The van der Waals surface area contributed by atoms with Crippen LogP contribution in [0.1, 0.15) is 81.1 Å². The number of Topliss-reactive ketones (excluding diaryl/α,β-unsaturated/α-hetero) is 1. The van der Waals surface area contributed by atoms with Crippen LogP contribution < -0.4 is 5.32 Å². The molecule has 0 aliphatic carbocycles. The number of nitrogens with one attached hydrogen (secondary N) is 1. The number of aliphatic imine (C=N–C) groups is 1. The molecule has 13 nitrogen and oxygen atoms in total. The summed E-state index contributed by atoms with van der Waals surface area (Å²) >= 11 is 0. The number of likely N-dealkylation sites (N-methyl/N-ethyl adjacent to an activating group) is 2. The van der Waals surface area contributed by atoms with Crippen LogP contribution in [0.5, 0.6) is 0 Å². The predicted molar refractivity (Wildman–Crippen MR) is 184 cm³/mol. The Morgan fingerprint density at radius 2 is 1.80 bits per heavy atom. The number of esters is 1. The van der Waals surface area contributed by atoms with Gasteiger partial charge in [-0.15, -0.1) is 0 Å². The van der Waals surface area contributed by atoms with Gasteiger partial charge in [0.1, 0.15) is 18.1 Å². The Hall–Kier alpha value is -2.16. The molecule has 0 spiro atoms. The van der Waals surface area contributed by atoms with Crippen LogP contribution in [-0.4, -0.2) is 140 Å². The zero-order chi connectivity index (χ0) is 36.4. The fraction of sp³-hybridized carbons (Fsp3) is 0.889. The molecule has 2 unspecified atom stereocenters. The van der Waals surface area contributed by atoms with Gasteiger partial charge in [-0.2, -0.15) is 0 Å². The average molecular weight is 695 g/mol. The molecule has 13 atom stereocenters. The normalized spacial score (nSPS) is 42.3. The van der Waals surface area contributed by atoms with Crippen molar-refractivity contribution in [1.82, 2.24) is 15.1 Å². The molecule has 280 valence electrons. The Labute approximate surface area is 292 Å². The summed E-state index contributed by atoms with van der Waals surface area (Å²) < 4.78 is 32.0. The lowest BCUT2D eigenvalue weighted by molar-refractivity contribution is -0.297. The third-order valence-electron chi connectivity index (χ3n) is 11.3. The lowest BCUT2D eigenvalue weighted by Gasteiger charge is -2.47. The van der Waals surface area contributed by atoms with E-state index >= 15 is 0 Å². The molecule has 4 aliphatic rings. The van der Waals surface area contributed by atoms with E-state index in [0.29, 0.717) is 51.9 Å². The second kappa shape index (κ2) is 16.0. The van der Waals surface area contributed by atoms with E-state index in [1.54, 1.807) is 18.7 Å². The maximum absolute atomic E-state index is 14.4. The van der Waals surface area contributed by atoms with E-state index in [1.165, 1.54) is 0 Å². The zero-order valence-corrected chi connectivity index (χ0v) is 31.6. The van der Waals surface area contributed by atoms with E-state index in [4.69, 9.17) is 28.7 Å². The lowest BCUT2D eigenvalue weighted by Crippen LogP contribution is -2.60. The first-order valence-corrected chi connectivity index (χ1v) is 18.2. The number of carbonyl (C=O) groups excluding carboxylic acids is 3. The third-order valence-corrected chi connectivity index (χ3v) is 11.3. The van der Waals surface area contributed by atoms with Crippen molar-refractivity contribution < 1.29 is 43.2 Å². The Balaban J connectivity index is 1.85. The molecule has 0 aromatic rings. The number of fused-ring (bicyclic) bond motifs is 1. The van der Waals surface area contributed by atoms with Crippen molar-refractivity contribution >= 4 is 23.6 Å². The Kier molecular flexibility index (Phi) is 13.0. The van der Waals surface area contributed by atoms with Crippen molar-refractivity contribution in [3.05, 3.63) is 0 Å². The van der Waals surface area contributed by atoms with Crippen LogP contribution in [0.3, 0.4) is 0 Å². The number of cyclic esters (lactones) is 1. The number of aliphatic hydroxyl groups is 1. The van der Waals surface area contributed by atoms with Gasteiger partial charge in [0.2, 0.25) is 0 Å². The van der Waals surface area contributed by atoms with Gasteiger partial charge in [0.25, 0.3) is 0 Å². The smallest absolute Gasteiger partial charge is 0.410 e. The van der Waals surface area contributed by atoms with Gasteiger partial charge >= 0.3 is 12.1 Å². The van der Waals surface area contributed by atoms with Crippen LogP contribution in [0.15, 0.2) is 4.99 Å². The van der Waals surface area contributed by atoms with Gasteiger partial charge in [-0.25, -0.2) is 4.79 Å². The summed E-state index contributed by atoms with van der Waals surface area (Å²) in [5.74, 6) is -3.46. The summed E-state index contributed by atoms with van der Waals surface area (Å²) in [4.78, 5) is 50.4. The van der Waals surface area contributed by atoms with Crippen molar-refractivity contribution in [2.45, 2.75) is 135 Å². The maximum atomic E-state index is 14.4. The number of amides is 1. The predicted octanol–water partition coefficient (Wildman–Crippen LogP) is 3.06. The maximum Gasteiger partial charge on any atom is 0.410 e. The molecule has 0 aromatic heterocycles. The monoisotopic (exact) mass is 694 g/mol. The molecule has 0 saturated carbocycles. The van der Waals surface area contributed by atoms with Crippen molar-refractivity contribution in [3.63, 3.8) is 0 Å². The fourth-order valence-corrected chi connectivity index (χ4v) is 8.75. The minimum atomic E-state index is -1.15. The van der Waals surface area contributed by atoms with Crippen LogP contribution in [0, 0.1) is 23.7 Å². The van der Waals surface area contributed by atoms with E-state index in [2.05, 4.69) is 19.2 Å². The highest BCUT2D eigenvalue weighted by Gasteiger charge is 2.60. The Bertz CT molecular complexity index is 1220. The summed E-state index contributed by atoms with van der Waals surface area (Å²) in [7, 11) is 5.66. The van der Waals surface area contributed by atoms with Gasteiger partial charge in [0, 0.05) is 36.7 Å².